The van der Waals surface area contributed by atoms with E-state index < -0.39 is 11.9 Å². The summed E-state index contributed by atoms with van der Waals surface area (Å²) in [5.74, 6) is -1.34. The van der Waals surface area contributed by atoms with Gasteiger partial charge in [-0.2, -0.15) is 5.10 Å². The Labute approximate surface area is 89.9 Å². The van der Waals surface area contributed by atoms with Crippen LogP contribution < -0.4 is 0 Å². The summed E-state index contributed by atoms with van der Waals surface area (Å²) in [4.78, 5) is 10.8. The Hall–Kier alpha value is -1.32. The average Bonchev–Trinajstić information content (AvgIpc) is 2.60. The van der Waals surface area contributed by atoms with E-state index in [9.17, 15) is 4.79 Å². The van der Waals surface area contributed by atoms with Gasteiger partial charge >= 0.3 is 5.97 Å². The fourth-order valence-corrected chi connectivity index (χ4v) is 1.55. The Morgan fingerprint density at radius 2 is 2.27 bits per heavy atom. The van der Waals surface area contributed by atoms with E-state index >= 15 is 0 Å². The molecular formula is C11H18N2O2. The SMILES string of the molecule is CCCc1cc(C(C)C(=O)O)nn1CC. The van der Waals surface area contributed by atoms with Crippen LogP contribution in [0, 0.1) is 0 Å². The number of rotatable bonds is 5. The minimum atomic E-state index is -0.821. The zero-order valence-electron chi connectivity index (χ0n) is 9.53. The van der Waals surface area contributed by atoms with Crippen LogP contribution in [0.5, 0.6) is 0 Å². The molecule has 0 amide bonds. The number of hydrogen-bond donors (Lipinski definition) is 1. The predicted molar refractivity (Wildman–Crippen MR) is 57.9 cm³/mol. The fraction of sp³-hybridized carbons (Fsp3) is 0.636. The van der Waals surface area contributed by atoms with Gasteiger partial charge in [0.25, 0.3) is 0 Å². The van der Waals surface area contributed by atoms with Gasteiger partial charge in [0.2, 0.25) is 0 Å². The molecule has 1 aromatic heterocycles. The zero-order chi connectivity index (χ0) is 11.4. The number of carboxylic acids is 1. The lowest BCUT2D eigenvalue weighted by molar-refractivity contribution is -0.138. The molecule has 0 saturated heterocycles. The first kappa shape index (κ1) is 11.8. The van der Waals surface area contributed by atoms with Gasteiger partial charge in [-0.25, -0.2) is 0 Å². The van der Waals surface area contributed by atoms with E-state index in [1.165, 1.54) is 0 Å². The number of aliphatic carboxylic acids is 1. The van der Waals surface area contributed by atoms with Crippen LogP contribution in [0.25, 0.3) is 0 Å². The van der Waals surface area contributed by atoms with Crippen molar-refractivity contribution < 1.29 is 9.90 Å². The van der Waals surface area contributed by atoms with Crippen molar-refractivity contribution in [1.29, 1.82) is 0 Å². The molecule has 4 heteroatoms. The van der Waals surface area contributed by atoms with E-state index in [0.717, 1.165) is 25.1 Å². The summed E-state index contributed by atoms with van der Waals surface area (Å²) in [6, 6.07) is 1.91. The van der Waals surface area contributed by atoms with Crippen LogP contribution in [-0.4, -0.2) is 20.9 Å². The number of aryl methyl sites for hydroxylation is 2. The number of aromatic nitrogens is 2. The van der Waals surface area contributed by atoms with Gasteiger partial charge in [0, 0.05) is 12.2 Å². The van der Waals surface area contributed by atoms with Crippen LogP contribution in [0.3, 0.4) is 0 Å². The van der Waals surface area contributed by atoms with E-state index in [0.29, 0.717) is 5.69 Å². The average molecular weight is 210 g/mol. The molecule has 4 nitrogen and oxygen atoms in total. The molecule has 1 rings (SSSR count). The van der Waals surface area contributed by atoms with E-state index in [4.69, 9.17) is 5.11 Å². The Morgan fingerprint density at radius 3 is 2.73 bits per heavy atom. The standard InChI is InChI=1S/C11H18N2O2/c1-4-6-9-7-10(8(3)11(14)15)12-13(9)5-2/h7-8H,4-6H2,1-3H3,(H,14,15). The molecule has 0 aliphatic rings. The van der Waals surface area contributed by atoms with E-state index in [1.54, 1.807) is 6.92 Å². The second-order valence-corrected chi connectivity index (χ2v) is 3.69. The Bertz CT molecular complexity index is 344. The van der Waals surface area contributed by atoms with Gasteiger partial charge in [0.1, 0.15) is 0 Å². The molecule has 84 valence electrons. The maximum Gasteiger partial charge on any atom is 0.312 e. The van der Waals surface area contributed by atoms with Crippen LogP contribution >= 0.6 is 0 Å². The van der Waals surface area contributed by atoms with Crippen molar-refractivity contribution in [2.75, 3.05) is 0 Å². The maximum absolute atomic E-state index is 10.8. The van der Waals surface area contributed by atoms with E-state index in [2.05, 4.69) is 12.0 Å². The molecule has 1 atom stereocenters. The summed E-state index contributed by atoms with van der Waals surface area (Å²) in [6.45, 7) is 6.58. The van der Waals surface area contributed by atoms with Crippen molar-refractivity contribution >= 4 is 5.97 Å². The highest BCUT2D eigenvalue weighted by Gasteiger charge is 2.18. The van der Waals surface area contributed by atoms with Gasteiger partial charge in [-0.05, 0) is 26.3 Å². The molecular weight excluding hydrogens is 192 g/mol. The summed E-state index contributed by atoms with van der Waals surface area (Å²) in [5.41, 5.74) is 1.79. The molecule has 1 N–H and O–H groups in total. The van der Waals surface area contributed by atoms with Crippen molar-refractivity contribution in [3.05, 3.63) is 17.5 Å². The van der Waals surface area contributed by atoms with Crippen LogP contribution in [-0.2, 0) is 17.8 Å². The molecule has 1 unspecified atom stereocenters. The first-order chi connectivity index (χ1) is 7.10. The van der Waals surface area contributed by atoms with Crippen molar-refractivity contribution in [2.24, 2.45) is 0 Å². The Morgan fingerprint density at radius 1 is 1.60 bits per heavy atom. The lowest BCUT2D eigenvalue weighted by Gasteiger charge is -2.01. The summed E-state index contributed by atoms with van der Waals surface area (Å²) in [5, 5.41) is 13.2. The minimum Gasteiger partial charge on any atom is -0.481 e. The number of carboxylic acid groups (broad SMARTS) is 1. The first-order valence-electron chi connectivity index (χ1n) is 5.39. The molecule has 1 aromatic rings. The number of nitrogens with zero attached hydrogens (tertiary/aromatic N) is 2. The van der Waals surface area contributed by atoms with Crippen molar-refractivity contribution in [2.45, 2.75) is 46.1 Å². The van der Waals surface area contributed by atoms with Crippen LogP contribution in [0.15, 0.2) is 6.07 Å². The molecule has 15 heavy (non-hydrogen) atoms. The second-order valence-electron chi connectivity index (χ2n) is 3.69. The maximum atomic E-state index is 10.8. The monoisotopic (exact) mass is 210 g/mol. The van der Waals surface area contributed by atoms with Crippen LogP contribution in [0.1, 0.15) is 44.5 Å². The third kappa shape index (κ3) is 2.58. The highest BCUT2D eigenvalue weighted by atomic mass is 16.4. The summed E-state index contributed by atoms with van der Waals surface area (Å²) in [6.07, 6.45) is 2.00. The normalized spacial score (nSPS) is 12.7. The van der Waals surface area contributed by atoms with Gasteiger partial charge in [0.05, 0.1) is 11.6 Å². The molecule has 0 fully saturated rings. The quantitative estimate of drug-likeness (QED) is 0.809. The zero-order valence-corrected chi connectivity index (χ0v) is 9.53. The van der Waals surface area contributed by atoms with Crippen LogP contribution in [0.4, 0.5) is 0 Å². The largest absolute Gasteiger partial charge is 0.481 e. The third-order valence-corrected chi connectivity index (χ3v) is 2.50. The van der Waals surface area contributed by atoms with Crippen molar-refractivity contribution in [3.8, 4) is 0 Å². The number of carbonyl (C=O) groups is 1. The second kappa shape index (κ2) is 4.96. The summed E-state index contributed by atoms with van der Waals surface area (Å²) >= 11 is 0. The highest BCUT2D eigenvalue weighted by Crippen LogP contribution is 2.16. The van der Waals surface area contributed by atoms with Gasteiger partial charge in [-0.3, -0.25) is 9.48 Å². The van der Waals surface area contributed by atoms with Crippen LogP contribution in [0.2, 0.25) is 0 Å². The third-order valence-electron chi connectivity index (χ3n) is 2.50. The molecule has 0 aliphatic carbocycles. The topological polar surface area (TPSA) is 55.1 Å². The molecule has 1 heterocycles. The number of hydrogen-bond acceptors (Lipinski definition) is 2. The molecule has 0 spiro atoms. The van der Waals surface area contributed by atoms with E-state index in [-0.39, 0.29) is 0 Å². The highest BCUT2D eigenvalue weighted by molar-refractivity contribution is 5.74. The smallest absolute Gasteiger partial charge is 0.312 e. The first-order valence-corrected chi connectivity index (χ1v) is 5.39. The molecule has 0 aromatic carbocycles. The Balaban J connectivity index is 2.96. The van der Waals surface area contributed by atoms with E-state index in [1.807, 2.05) is 17.7 Å². The molecule has 0 saturated carbocycles. The van der Waals surface area contributed by atoms with Gasteiger partial charge in [-0.1, -0.05) is 13.3 Å². The lowest BCUT2D eigenvalue weighted by Crippen LogP contribution is -2.09. The molecule has 0 aliphatic heterocycles. The van der Waals surface area contributed by atoms with Gasteiger partial charge < -0.3 is 5.11 Å². The van der Waals surface area contributed by atoms with Gasteiger partial charge in [-0.15, -0.1) is 0 Å². The van der Waals surface area contributed by atoms with Crippen molar-refractivity contribution in [3.63, 3.8) is 0 Å². The lowest BCUT2D eigenvalue weighted by atomic mass is 10.1. The molecule has 0 bridgehead atoms. The Kier molecular flexibility index (Phi) is 3.88. The minimum absolute atomic E-state index is 0.520. The molecule has 0 radical (unpaired) electrons. The van der Waals surface area contributed by atoms with Crippen molar-refractivity contribution in [1.82, 2.24) is 9.78 Å². The summed E-state index contributed by atoms with van der Waals surface area (Å²) < 4.78 is 1.89. The summed E-state index contributed by atoms with van der Waals surface area (Å²) in [7, 11) is 0. The van der Waals surface area contributed by atoms with Gasteiger partial charge in [0.15, 0.2) is 0 Å². The predicted octanol–water partition coefficient (Wildman–Crippen LogP) is 2.04. The fourth-order valence-electron chi connectivity index (χ4n) is 1.55.